The third-order valence-electron chi connectivity index (χ3n) is 2.57. The second-order valence-corrected chi connectivity index (χ2v) is 4.98. The molecule has 0 radical (unpaired) electrons. The molecule has 0 fully saturated rings. The van der Waals surface area contributed by atoms with E-state index in [2.05, 4.69) is 15.3 Å². The number of halogens is 1. The number of nitrogens with zero attached hydrogens (tertiary/aromatic N) is 2. The molecule has 110 valence electrons. The van der Waals surface area contributed by atoms with Gasteiger partial charge < -0.3 is 5.32 Å². The molecule has 8 heteroatoms. The van der Waals surface area contributed by atoms with Crippen LogP contribution >= 0.6 is 11.8 Å². The van der Waals surface area contributed by atoms with E-state index in [0.29, 0.717) is 16.4 Å². The minimum Gasteiger partial charge on any atom is -0.364 e. The van der Waals surface area contributed by atoms with Crippen LogP contribution in [0, 0.1) is 5.82 Å². The smallest absolute Gasteiger partial charge is 0.244 e. The molecule has 1 amide bonds. The Morgan fingerprint density at radius 3 is 2.81 bits per heavy atom. The molecule has 4 N–H and O–H groups in total. The van der Waals surface area contributed by atoms with E-state index in [1.165, 1.54) is 30.2 Å². The van der Waals surface area contributed by atoms with Gasteiger partial charge >= 0.3 is 0 Å². The first-order valence-corrected chi connectivity index (χ1v) is 7.10. The Labute approximate surface area is 125 Å². The van der Waals surface area contributed by atoms with Crippen LogP contribution in [0.2, 0.25) is 0 Å². The van der Waals surface area contributed by atoms with Crippen LogP contribution in [0.4, 0.5) is 10.2 Å². The molecule has 2 rings (SSSR count). The number of amides is 1. The van der Waals surface area contributed by atoms with E-state index in [0.717, 1.165) is 0 Å². The predicted octanol–water partition coefficient (Wildman–Crippen LogP) is 1.31. The summed E-state index contributed by atoms with van der Waals surface area (Å²) in [5.74, 6) is 5.04. The van der Waals surface area contributed by atoms with Gasteiger partial charge in [0.15, 0.2) is 5.82 Å². The monoisotopic (exact) mass is 307 g/mol. The first kappa shape index (κ1) is 15.2. The van der Waals surface area contributed by atoms with Crippen LogP contribution in [0.15, 0.2) is 41.7 Å². The van der Waals surface area contributed by atoms with E-state index < -0.39 is 0 Å². The molecule has 0 aliphatic carbocycles. The van der Waals surface area contributed by atoms with E-state index in [1.54, 1.807) is 18.2 Å². The summed E-state index contributed by atoms with van der Waals surface area (Å²) in [6.07, 6.45) is 3.05. The lowest BCUT2D eigenvalue weighted by molar-refractivity contribution is -0.118. The molecule has 6 nitrogen and oxygen atoms in total. The average Bonchev–Trinajstić information content (AvgIpc) is 2.52. The first-order valence-electron chi connectivity index (χ1n) is 6.11. The van der Waals surface area contributed by atoms with E-state index in [9.17, 15) is 9.18 Å². The topological polar surface area (TPSA) is 92.9 Å². The summed E-state index contributed by atoms with van der Waals surface area (Å²) >= 11 is 1.20. The second kappa shape index (κ2) is 7.55. The van der Waals surface area contributed by atoms with E-state index in [4.69, 9.17) is 5.84 Å². The number of nitrogens with one attached hydrogen (secondary N) is 2. The summed E-state index contributed by atoms with van der Waals surface area (Å²) in [6.45, 7) is 0.280. The van der Waals surface area contributed by atoms with Gasteiger partial charge in [-0.3, -0.25) is 10.2 Å². The largest absolute Gasteiger partial charge is 0.364 e. The van der Waals surface area contributed by atoms with Gasteiger partial charge in [0.2, 0.25) is 5.91 Å². The number of anilines is 1. The lowest BCUT2D eigenvalue weighted by atomic mass is 10.2. The molecule has 0 aliphatic rings. The van der Waals surface area contributed by atoms with Crippen molar-refractivity contribution in [1.29, 1.82) is 0 Å². The zero-order chi connectivity index (χ0) is 15.1. The number of nitrogens with two attached hydrogens (primary N) is 1. The molecule has 0 unspecified atom stereocenters. The summed E-state index contributed by atoms with van der Waals surface area (Å²) in [5, 5.41) is 3.57. The van der Waals surface area contributed by atoms with Gasteiger partial charge in [-0.25, -0.2) is 20.2 Å². The van der Waals surface area contributed by atoms with Gasteiger partial charge in [0.1, 0.15) is 10.8 Å². The predicted molar refractivity (Wildman–Crippen MR) is 78.8 cm³/mol. The molecule has 1 heterocycles. The Kier molecular flexibility index (Phi) is 5.47. The SMILES string of the molecule is NNC(=O)CSc1nccnc1NCc1ccccc1F. The number of hydrogen-bond acceptors (Lipinski definition) is 6. The average molecular weight is 307 g/mol. The van der Waals surface area contributed by atoms with Crippen LogP contribution in [0.25, 0.3) is 0 Å². The second-order valence-electron chi connectivity index (χ2n) is 4.01. The third kappa shape index (κ3) is 4.40. The van der Waals surface area contributed by atoms with Crippen molar-refractivity contribution in [1.82, 2.24) is 15.4 Å². The zero-order valence-electron chi connectivity index (χ0n) is 11.0. The first-order chi connectivity index (χ1) is 10.2. The number of carbonyl (C=O) groups excluding carboxylic acids is 1. The molecule has 0 saturated carbocycles. The Hall–Kier alpha value is -2.19. The maximum absolute atomic E-state index is 13.5. The summed E-state index contributed by atoms with van der Waals surface area (Å²) in [6, 6.07) is 6.48. The fourth-order valence-electron chi connectivity index (χ4n) is 1.55. The number of benzene rings is 1. The van der Waals surface area contributed by atoms with Crippen LogP contribution in [0.3, 0.4) is 0 Å². The number of rotatable bonds is 6. The number of carbonyl (C=O) groups is 1. The molecule has 0 bridgehead atoms. The van der Waals surface area contributed by atoms with Crippen molar-refractivity contribution >= 4 is 23.5 Å². The van der Waals surface area contributed by atoms with E-state index in [-0.39, 0.29) is 24.0 Å². The number of hydrazine groups is 1. The summed E-state index contributed by atoms with van der Waals surface area (Å²) in [4.78, 5) is 19.4. The van der Waals surface area contributed by atoms with Crippen LogP contribution in [0.1, 0.15) is 5.56 Å². The highest BCUT2D eigenvalue weighted by molar-refractivity contribution is 8.00. The van der Waals surface area contributed by atoms with Gasteiger partial charge in [0.05, 0.1) is 5.75 Å². The fraction of sp³-hybridized carbons (Fsp3) is 0.154. The van der Waals surface area contributed by atoms with Gasteiger partial charge in [0, 0.05) is 24.5 Å². The molecule has 1 aromatic heterocycles. The van der Waals surface area contributed by atoms with Crippen LogP contribution in [-0.4, -0.2) is 21.6 Å². The van der Waals surface area contributed by atoms with Crippen molar-refractivity contribution in [3.05, 3.63) is 48.0 Å². The highest BCUT2D eigenvalue weighted by Gasteiger charge is 2.09. The lowest BCUT2D eigenvalue weighted by Crippen LogP contribution is -2.31. The van der Waals surface area contributed by atoms with Gasteiger partial charge in [-0.2, -0.15) is 0 Å². The van der Waals surface area contributed by atoms with Crippen LogP contribution in [-0.2, 0) is 11.3 Å². The van der Waals surface area contributed by atoms with Gasteiger partial charge in [-0.1, -0.05) is 30.0 Å². The summed E-state index contributed by atoms with van der Waals surface area (Å²) < 4.78 is 13.5. The Bertz CT molecular complexity index is 625. The third-order valence-corrected chi connectivity index (χ3v) is 3.55. The highest BCUT2D eigenvalue weighted by Crippen LogP contribution is 2.22. The van der Waals surface area contributed by atoms with Crippen molar-refractivity contribution in [3.63, 3.8) is 0 Å². The molecule has 21 heavy (non-hydrogen) atoms. The fourth-order valence-corrected chi connectivity index (χ4v) is 2.30. The molecule has 1 aromatic carbocycles. The van der Waals surface area contributed by atoms with Crippen molar-refractivity contribution in [2.45, 2.75) is 11.6 Å². The standard InChI is InChI=1S/C13H14FN5OS/c14-10-4-2-1-3-9(10)7-18-12-13(17-6-5-16-12)21-8-11(20)19-15/h1-6H,7-8,15H2,(H,16,18)(H,19,20). The Balaban J connectivity index is 2.03. The van der Waals surface area contributed by atoms with E-state index in [1.807, 2.05) is 5.43 Å². The Morgan fingerprint density at radius 1 is 1.29 bits per heavy atom. The minimum absolute atomic E-state index is 0.129. The van der Waals surface area contributed by atoms with Crippen molar-refractivity contribution < 1.29 is 9.18 Å². The van der Waals surface area contributed by atoms with E-state index >= 15 is 0 Å². The molecule has 0 atom stereocenters. The van der Waals surface area contributed by atoms with Gasteiger partial charge in [-0.15, -0.1) is 0 Å². The molecule has 0 aliphatic heterocycles. The molecular formula is C13H14FN5OS. The number of thioether (sulfide) groups is 1. The maximum atomic E-state index is 13.5. The maximum Gasteiger partial charge on any atom is 0.244 e. The lowest BCUT2D eigenvalue weighted by Gasteiger charge is -2.09. The van der Waals surface area contributed by atoms with Gasteiger partial charge in [0.25, 0.3) is 0 Å². The highest BCUT2D eigenvalue weighted by atomic mass is 32.2. The Morgan fingerprint density at radius 2 is 2.05 bits per heavy atom. The molecule has 0 saturated heterocycles. The van der Waals surface area contributed by atoms with Crippen molar-refractivity contribution in [2.24, 2.45) is 5.84 Å². The molecule has 2 aromatic rings. The summed E-state index contributed by atoms with van der Waals surface area (Å²) in [5.41, 5.74) is 2.57. The van der Waals surface area contributed by atoms with Crippen molar-refractivity contribution in [3.8, 4) is 0 Å². The van der Waals surface area contributed by atoms with Crippen LogP contribution < -0.4 is 16.6 Å². The summed E-state index contributed by atoms with van der Waals surface area (Å²) in [7, 11) is 0. The quantitative estimate of drug-likeness (QED) is 0.322. The zero-order valence-corrected chi connectivity index (χ0v) is 11.9. The van der Waals surface area contributed by atoms with Crippen molar-refractivity contribution in [2.75, 3.05) is 11.1 Å². The molecule has 0 spiro atoms. The van der Waals surface area contributed by atoms with Crippen LogP contribution in [0.5, 0.6) is 0 Å². The number of aromatic nitrogens is 2. The molecular weight excluding hydrogens is 293 g/mol. The minimum atomic E-state index is -0.314. The normalized spacial score (nSPS) is 10.2. The number of hydrogen-bond donors (Lipinski definition) is 3. The van der Waals surface area contributed by atoms with Gasteiger partial charge in [-0.05, 0) is 6.07 Å².